The van der Waals surface area contributed by atoms with Crippen molar-refractivity contribution in [2.45, 2.75) is 20.3 Å². The van der Waals surface area contributed by atoms with E-state index in [1.165, 1.54) is 12.3 Å². The Kier molecular flexibility index (Phi) is 2.53. The van der Waals surface area contributed by atoms with Crippen LogP contribution in [0.25, 0.3) is 0 Å². The van der Waals surface area contributed by atoms with Gasteiger partial charge in [-0.2, -0.15) is 4.39 Å². The lowest BCUT2D eigenvalue weighted by molar-refractivity contribution is 0.0987. The highest BCUT2D eigenvalue weighted by molar-refractivity contribution is 5.95. The number of carbonyl (C=O) groups is 1. The highest BCUT2D eigenvalue weighted by Crippen LogP contribution is 2.07. The van der Waals surface area contributed by atoms with Gasteiger partial charge in [0.05, 0.1) is 0 Å². The second-order valence-electron chi connectivity index (χ2n) is 2.61. The Morgan fingerprint density at radius 2 is 2.33 bits per heavy atom. The van der Waals surface area contributed by atoms with Crippen molar-refractivity contribution >= 4 is 5.78 Å². The molecule has 2 nitrogen and oxygen atoms in total. The Hall–Kier alpha value is -1.25. The lowest BCUT2D eigenvalue weighted by Crippen LogP contribution is -1.99. The largest absolute Gasteiger partial charge is 0.294 e. The summed E-state index contributed by atoms with van der Waals surface area (Å²) in [5.74, 6) is -0.520. The van der Waals surface area contributed by atoms with E-state index >= 15 is 0 Å². The summed E-state index contributed by atoms with van der Waals surface area (Å²) in [6.45, 7) is 3.36. The topological polar surface area (TPSA) is 30.0 Å². The zero-order valence-electron chi connectivity index (χ0n) is 7.10. The summed E-state index contributed by atoms with van der Waals surface area (Å²) < 4.78 is 12.6. The van der Waals surface area contributed by atoms with Crippen molar-refractivity contribution in [2.24, 2.45) is 0 Å². The number of hydrogen-bond acceptors (Lipinski definition) is 2. The SMILES string of the molecule is CCC(=O)c1cnc(F)c(C)c1. The number of pyridine rings is 1. The van der Waals surface area contributed by atoms with E-state index in [1.807, 2.05) is 0 Å². The first-order valence-corrected chi connectivity index (χ1v) is 3.80. The molecule has 1 heterocycles. The minimum Gasteiger partial charge on any atom is -0.294 e. The summed E-state index contributed by atoms with van der Waals surface area (Å²) in [6, 6.07) is 1.52. The maximum Gasteiger partial charge on any atom is 0.215 e. The molecule has 0 fully saturated rings. The third kappa shape index (κ3) is 1.67. The zero-order chi connectivity index (χ0) is 9.14. The average Bonchev–Trinajstić information content (AvgIpc) is 2.08. The maximum atomic E-state index is 12.6. The van der Waals surface area contributed by atoms with Gasteiger partial charge in [0.25, 0.3) is 0 Å². The first-order chi connectivity index (χ1) is 5.65. The Bertz CT molecular complexity index is 309. The molecule has 0 saturated heterocycles. The molecule has 0 atom stereocenters. The minimum absolute atomic E-state index is 0.00870. The second-order valence-corrected chi connectivity index (χ2v) is 2.61. The van der Waals surface area contributed by atoms with E-state index in [4.69, 9.17) is 0 Å². The lowest BCUT2D eigenvalue weighted by atomic mass is 10.1. The van der Waals surface area contributed by atoms with Gasteiger partial charge in [-0.3, -0.25) is 4.79 Å². The normalized spacial score (nSPS) is 9.92. The molecule has 0 radical (unpaired) electrons. The van der Waals surface area contributed by atoms with Gasteiger partial charge in [0.15, 0.2) is 5.78 Å². The summed E-state index contributed by atoms with van der Waals surface area (Å²) in [4.78, 5) is 14.6. The van der Waals surface area contributed by atoms with Gasteiger partial charge in [-0.05, 0) is 13.0 Å². The summed E-state index contributed by atoms with van der Waals surface area (Å²) >= 11 is 0. The number of aryl methyl sites for hydroxylation is 1. The molecule has 0 aliphatic carbocycles. The average molecular weight is 167 g/mol. The van der Waals surface area contributed by atoms with Crippen LogP contribution in [-0.4, -0.2) is 10.8 Å². The highest BCUT2D eigenvalue weighted by atomic mass is 19.1. The van der Waals surface area contributed by atoms with E-state index in [9.17, 15) is 9.18 Å². The third-order valence-electron chi connectivity index (χ3n) is 1.66. The van der Waals surface area contributed by atoms with Crippen molar-refractivity contribution in [3.8, 4) is 0 Å². The van der Waals surface area contributed by atoms with Gasteiger partial charge >= 0.3 is 0 Å². The smallest absolute Gasteiger partial charge is 0.215 e. The van der Waals surface area contributed by atoms with Crippen molar-refractivity contribution in [1.29, 1.82) is 0 Å². The van der Waals surface area contributed by atoms with Crippen molar-refractivity contribution in [1.82, 2.24) is 4.98 Å². The molecule has 0 amide bonds. The number of Topliss-reactive ketones (excluding diaryl/α,β-unsaturated/α-hetero) is 1. The quantitative estimate of drug-likeness (QED) is 0.498. The van der Waals surface area contributed by atoms with E-state index in [-0.39, 0.29) is 5.78 Å². The van der Waals surface area contributed by atoms with Crippen LogP contribution in [-0.2, 0) is 0 Å². The van der Waals surface area contributed by atoms with Crippen LogP contribution in [0.5, 0.6) is 0 Å². The summed E-state index contributed by atoms with van der Waals surface area (Å²) in [5, 5.41) is 0. The predicted molar refractivity (Wildman–Crippen MR) is 43.6 cm³/mol. The highest BCUT2D eigenvalue weighted by Gasteiger charge is 2.05. The number of carbonyl (C=O) groups excluding carboxylic acids is 1. The van der Waals surface area contributed by atoms with Crippen molar-refractivity contribution in [3.05, 3.63) is 29.3 Å². The van der Waals surface area contributed by atoms with E-state index in [2.05, 4.69) is 4.98 Å². The molecule has 64 valence electrons. The van der Waals surface area contributed by atoms with Crippen LogP contribution < -0.4 is 0 Å². The number of ketones is 1. The summed E-state index contributed by atoms with van der Waals surface area (Å²) in [7, 11) is 0. The van der Waals surface area contributed by atoms with E-state index in [1.54, 1.807) is 13.8 Å². The molecule has 0 spiro atoms. The Morgan fingerprint density at radius 3 is 2.83 bits per heavy atom. The van der Waals surface area contributed by atoms with Crippen LogP contribution in [0.3, 0.4) is 0 Å². The molecule has 0 aliphatic rings. The first-order valence-electron chi connectivity index (χ1n) is 3.80. The van der Waals surface area contributed by atoms with Crippen LogP contribution in [0.15, 0.2) is 12.3 Å². The summed E-state index contributed by atoms with van der Waals surface area (Å²) in [5.41, 5.74) is 0.894. The molecular formula is C9H10FNO. The van der Waals surface area contributed by atoms with Crippen molar-refractivity contribution in [3.63, 3.8) is 0 Å². The van der Waals surface area contributed by atoms with Gasteiger partial charge in [0.1, 0.15) is 0 Å². The zero-order valence-corrected chi connectivity index (χ0v) is 7.10. The molecular weight excluding hydrogens is 157 g/mol. The monoisotopic (exact) mass is 167 g/mol. The Morgan fingerprint density at radius 1 is 1.67 bits per heavy atom. The first kappa shape index (κ1) is 8.84. The lowest BCUT2D eigenvalue weighted by Gasteiger charge is -1.98. The molecule has 12 heavy (non-hydrogen) atoms. The summed E-state index contributed by atoms with van der Waals surface area (Å²) in [6.07, 6.45) is 1.70. The molecule has 3 heteroatoms. The number of aromatic nitrogens is 1. The van der Waals surface area contributed by atoms with Crippen LogP contribution in [0.4, 0.5) is 4.39 Å². The van der Waals surface area contributed by atoms with E-state index in [0.717, 1.165) is 0 Å². The Balaban J connectivity index is 3.05. The van der Waals surface area contributed by atoms with Crippen LogP contribution in [0.2, 0.25) is 0 Å². The number of halogens is 1. The molecule has 0 bridgehead atoms. The fourth-order valence-corrected chi connectivity index (χ4v) is 0.915. The van der Waals surface area contributed by atoms with Gasteiger partial charge < -0.3 is 0 Å². The van der Waals surface area contributed by atoms with Crippen molar-refractivity contribution in [2.75, 3.05) is 0 Å². The number of nitrogens with zero attached hydrogens (tertiary/aromatic N) is 1. The second kappa shape index (κ2) is 3.43. The fraction of sp³-hybridized carbons (Fsp3) is 0.333. The van der Waals surface area contributed by atoms with Crippen LogP contribution in [0, 0.1) is 12.9 Å². The number of rotatable bonds is 2. The molecule has 0 saturated carbocycles. The molecule has 1 rings (SSSR count). The van der Waals surface area contributed by atoms with E-state index < -0.39 is 5.95 Å². The maximum absolute atomic E-state index is 12.6. The van der Waals surface area contributed by atoms with Gasteiger partial charge in [-0.1, -0.05) is 6.92 Å². The van der Waals surface area contributed by atoms with Gasteiger partial charge in [-0.25, -0.2) is 4.98 Å². The fourth-order valence-electron chi connectivity index (χ4n) is 0.915. The Labute approximate surface area is 70.4 Å². The van der Waals surface area contributed by atoms with Gasteiger partial charge in [0.2, 0.25) is 5.95 Å². The minimum atomic E-state index is -0.511. The standard InChI is InChI=1S/C9H10FNO/c1-3-8(12)7-4-6(2)9(10)11-5-7/h4-5H,3H2,1-2H3. The van der Waals surface area contributed by atoms with Crippen LogP contribution >= 0.6 is 0 Å². The molecule has 0 aliphatic heterocycles. The molecule has 0 N–H and O–H groups in total. The third-order valence-corrected chi connectivity index (χ3v) is 1.66. The van der Waals surface area contributed by atoms with Crippen LogP contribution in [0.1, 0.15) is 29.3 Å². The van der Waals surface area contributed by atoms with Gasteiger partial charge in [0, 0.05) is 23.7 Å². The molecule has 0 unspecified atom stereocenters. The van der Waals surface area contributed by atoms with E-state index in [0.29, 0.717) is 17.5 Å². The molecule has 0 aromatic carbocycles. The molecule has 1 aromatic heterocycles. The van der Waals surface area contributed by atoms with Gasteiger partial charge in [-0.15, -0.1) is 0 Å². The predicted octanol–water partition coefficient (Wildman–Crippen LogP) is 2.12. The van der Waals surface area contributed by atoms with Crippen molar-refractivity contribution < 1.29 is 9.18 Å². The number of hydrogen-bond donors (Lipinski definition) is 0. The molecule has 1 aromatic rings.